The zero-order chi connectivity index (χ0) is 6.97. The zero-order valence-corrected chi connectivity index (χ0v) is 5.23. The van der Waals surface area contributed by atoms with E-state index in [4.69, 9.17) is 5.73 Å². The molecule has 0 unspecified atom stereocenters. The Kier molecular flexibility index (Phi) is 0.887. The maximum atomic E-state index is 5.55. The Bertz CT molecular complexity index is 351. The fraction of sp³-hybridized carbons (Fsp3) is 0. The maximum absolute atomic E-state index is 5.55. The van der Waals surface area contributed by atoms with Crippen LogP contribution in [0.3, 0.4) is 0 Å². The van der Waals surface area contributed by atoms with Crippen LogP contribution in [0.4, 0.5) is 5.82 Å². The van der Waals surface area contributed by atoms with Gasteiger partial charge in [0.2, 0.25) is 0 Å². The Morgan fingerprint density at radius 3 is 3.10 bits per heavy atom. The summed E-state index contributed by atoms with van der Waals surface area (Å²) in [5.41, 5.74) is 6.33. The summed E-state index contributed by atoms with van der Waals surface area (Å²) in [6.07, 6.45) is 6.72. The van der Waals surface area contributed by atoms with Crippen molar-refractivity contribution in [2.75, 3.05) is 5.73 Å². The normalized spacial score (nSPS) is 10.4. The number of imidazole rings is 1. The van der Waals surface area contributed by atoms with Crippen molar-refractivity contribution in [3.8, 4) is 0 Å². The number of nitrogen functional groups attached to an aromatic ring is 1. The number of anilines is 1. The van der Waals surface area contributed by atoms with Gasteiger partial charge in [0.25, 0.3) is 0 Å². The SMILES string of the molecule is Nc1cnc2cnccn12. The Balaban J connectivity index is 2.93. The van der Waals surface area contributed by atoms with E-state index < -0.39 is 0 Å². The molecule has 0 spiro atoms. The van der Waals surface area contributed by atoms with Crippen molar-refractivity contribution >= 4 is 11.5 Å². The summed E-state index contributed by atoms with van der Waals surface area (Å²) < 4.78 is 1.77. The second kappa shape index (κ2) is 1.70. The Hall–Kier alpha value is -1.58. The van der Waals surface area contributed by atoms with Crippen molar-refractivity contribution in [2.45, 2.75) is 0 Å². The van der Waals surface area contributed by atoms with Gasteiger partial charge in [-0.15, -0.1) is 0 Å². The number of fused-ring (bicyclic) bond motifs is 1. The van der Waals surface area contributed by atoms with E-state index >= 15 is 0 Å². The number of nitrogens with zero attached hydrogens (tertiary/aromatic N) is 3. The van der Waals surface area contributed by atoms with Gasteiger partial charge in [-0.1, -0.05) is 0 Å². The first kappa shape index (κ1) is 5.22. The van der Waals surface area contributed by atoms with Crippen molar-refractivity contribution in [1.82, 2.24) is 14.4 Å². The lowest BCUT2D eigenvalue weighted by atomic mass is 10.7. The van der Waals surface area contributed by atoms with Gasteiger partial charge < -0.3 is 5.73 Å². The lowest BCUT2D eigenvalue weighted by molar-refractivity contribution is 1.13. The van der Waals surface area contributed by atoms with Crippen LogP contribution in [0.5, 0.6) is 0 Å². The molecule has 2 N–H and O–H groups in total. The van der Waals surface area contributed by atoms with Crippen LogP contribution >= 0.6 is 0 Å². The minimum atomic E-state index is 0.636. The fourth-order valence-corrected chi connectivity index (χ4v) is 0.862. The van der Waals surface area contributed by atoms with Gasteiger partial charge in [0.05, 0.1) is 12.4 Å². The van der Waals surface area contributed by atoms with E-state index in [0.29, 0.717) is 5.82 Å². The molecule has 2 aromatic heterocycles. The summed E-state index contributed by atoms with van der Waals surface area (Å²) in [6, 6.07) is 0. The Morgan fingerprint density at radius 2 is 2.30 bits per heavy atom. The predicted octanol–water partition coefficient (Wildman–Crippen LogP) is 0.311. The van der Waals surface area contributed by atoms with E-state index in [1.54, 1.807) is 29.2 Å². The molecule has 0 aliphatic carbocycles. The molecule has 2 rings (SSSR count). The van der Waals surface area contributed by atoms with Crippen LogP contribution in [0.25, 0.3) is 5.65 Å². The van der Waals surface area contributed by atoms with E-state index in [0.717, 1.165) is 5.65 Å². The predicted molar refractivity (Wildman–Crippen MR) is 37.4 cm³/mol. The van der Waals surface area contributed by atoms with E-state index in [1.165, 1.54) is 0 Å². The topological polar surface area (TPSA) is 56.2 Å². The van der Waals surface area contributed by atoms with E-state index in [2.05, 4.69) is 9.97 Å². The molecule has 0 atom stereocenters. The molecule has 4 heteroatoms. The van der Waals surface area contributed by atoms with Crippen LogP contribution in [0, 0.1) is 0 Å². The van der Waals surface area contributed by atoms with Crippen molar-refractivity contribution < 1.29 is 0 Å². The first-order valence-corrected chi connectivity index (χ1v) is 2.90. The number of rotatable bonds is 0. The molecule has 0 amide bonds. The lowest BCUT2D eigenvalue weighted by Crippen LogP contribution is -1.91. The van der Waals surface area contributed by atoms with Crippen molar-refractivity contribution in [2.24, 2.45) is 0 Å². The summed E-state index contributed by atoms with van der Waals surface area (Å²) in [4.78, 5) is 7.88. The van der Waals surface area contributed by atoms with Crippen LogP contribution in [-0.2, 0) is 0 Å². The van der Waals surface area contributed by atoms with Crippen LogP contribution in [0.15, 0.2) is 24.8 Å². The zero-order valence-electron chi connectivity index (χ0n) is 5.23. The van der Waals surface area contributed by atoms with E-state index in [-0.39, 0.29) is 0 Å². The van der Waals surface area contributed by atoms with Gasteiger partial charge in [-0.05, 0) is 0 Å². The number of hydrogen-bond acceptors (Lipinski definition) is 3. The molecule has 10 heavy (non-hydrogen) atoms. The molecule has 50 valence electrons. The minimum absolute atomic E-state index is 0.636. The summed E-state index contributed by atoms with van der Waals surface area (Å²) in [7, 11) is 0. The molecule has 0 aliphatic rings. The highest BCUT2D eigenvalue weighted by molar-refractivity contribution is 5.45. The Morgan fingerprint density at radius 1 is 1.40 bits per heavy atom. The third kappa shape index (κ3) is 0.556. The molecule has 0 fully saturated rings. The smallest absolute Gasteiger partial charge is 0.156 e. The van der Waals surface area contributed by atoms with Gasteiger partial charge >= 0.3 is 0 Å². The highest BCUT2D eigenvalue weighted by atomic mass is 15.1. The standard InChI is InChI=1S/C6H6N4/c7-5-3-9-6-4-8-1-2-10(5)6/h1-4H,7H2. The molecular formula is C6H6N4. The van der Waals surface area contributed by atoms with E-state index in [1.807, 2.05) is 0 Å². The summed E-state index contributed by atoms with van der Waals surface area (Å²) in [6.45, 7) is 0. The number of nitrogens with two attached hydrogens (primary N) is 1. The van der Waals surface area contributed by atoms with Crippen LogP contribution in [0.2, 0.25) is 0 Å². The van der Waals surface area contributed by atoms with E-state index in [9.17, 15) is 0 Å². The van der Waals surface area contributed by atoms with Crippen molar-refractivity contribution in [1.29, 1.82) is 0 Å². The third-order valence-electron chi connectivity index (χ3n) is 1.35. The van der Waals surface area contributed by atoms with Gasteiger partial charge in [-0.2, -0.15) is 0 Å². The number of hydrogen-bond donors (Lipinski definition) is 1. The third-order valence-corrected chi connectivity index (χ3v) is 1.35. The van der Waals surface area contributed by atoms with Crippen molar-refractivity contribution in [3.05, 3.63) is 24.8 Å². The summed E-state index contributed by atoms with van der Waals surface area (Å²) in [5.74, 6) is 0.636. The average Bonchev–Trinajstić information content (AvgIpc) is 2.34. The van der Waals surface area contributed by atoms with Crippen LogP contribution < -0.4 is 5.73 Å². The summed E-state index contributed by atoms with van der Waals surface area (Å²) >= 11 is 0. The molecule has 2 heterocycles. The maximum Gasteiger partial charge on any atom is 0.156 e. The second-order valence-electron chi connectivity index (χ2n) is 1.99. The van der Waals surface area contributed by atoms with Crippen LogP contribution in [0.1, 0.15) is 0 Å². The monoisotopic (exact) mass is 134 g/mol. The molecule has 0 radical (unpaired) electrons. The molecule has 0 saturated heterocycles. The lowest BCUT2D eigenvalue weighted by Gasteiger charge is -1.91. The molecule has 4 nitrogen and oxygen atoms in total. The first-order chi connectivity index (χ1) is 4.88. The molecule has 0 saturated carbocycles. The molecule has 0 bridgehead atoms. The van der Waals surface area contributed by atoms with Crippen molar-refractivity contribution in [3.63, 3.8) is 0 Å². The highest BCUT2D eigenvalue weighted by Crippen LogP contribution is 2.04. The second-order valence-corrected chi connectivity index (χ2v) is 1.99. The van der Waals surface area contributed by atoms with Gasteiger partial charge in [0.15, 0.2) is 5.65 Å². The minimum Gasteiger partial charge on any atom is -0.383 e. The summed E-state index contributed by atoms with van der Waals surface area (Å²) in [5, 5.41) is 0. The fourth-order valence-electron chi connectivity index (χ4n) is 0.862. The van der Waals surface area contributed by atoms with Gasteiger partial charge in [0, 0.05) is 12.4 Å². The molecular weight excluding hydrogens is 128 g/mol. The van der Waals surface area contributed by atoms with Gasteiger partial charge in [-0.25, -0.2) is 4.98 Å². The highest BCUT2D eigenvalue weighted by Gasteiger charge is 1.94. The number of aromatic nitrogens is 3. The molecule has 2 aromatic rings. The molecule has 0 aliphatic heterocycles. The van der Waals surface area contributed by atoms with Crippen LogP contribution in [-0.4, -0.2) is 14.4 Å². The quantitative estimate of drug-likeness (QED) is 0.564. The van der Waals surface area contributed by atoms with Gasteiger partial charge in [-0.3, -0.25) is 9.38 Å². The van der Waals surface area contributed by atoms with Gasteiger partial charge in [0.1, 0.15) is 5.82 Å². The average molecular weight is 134 g/mol. The molecule has 0 aromatic carbocycles. The largest absolute Gasteiger partial charge is 0.383 e. The Labute approximate surface area is 57.3 Å². The first-order valence-electron chi connectivity index (χ1n) is 2.90.